The fraction of sp³-hybridized carbons (Fsp3) is 0.667. The first kappa shape index (κ1) is 13.5. The third-order valence-electron chi connectivity index (χ3n) is 2.06. The average Bonchev–Trinajstić information content (AvgIpc) is 2.46. The topological polar surface area (TPSA) is 64.6 Å². The predicted molar refractivity (Wildman–Crippen MR) is 62.5 cm³/mol. The van der Waals surface area contributed by atoms with Gasteiger partial charge in [-0.2, -0.15) is 0 Å². The minimum absolute atomic E-state index is 0.144. The Kier molecular flexibility index (Phi) is 4.15. The Morgan fingerprint density at radius 1 is 1.29 bits per heavy atom. The van der Waals surface area contributed by atoms with Crippen LogP contribution >= 0.6 is 0 Å². The third-order valence-corrected chi connectivity index (χ3v) is 2.06. The zero-order valence-electron chi connectivity index (χ0n) is 10.6. The van der Waals surface area contributed by atoms with Crippen molar-refractivity contribution < 1.29 is 19.1 Å². The summed E-state index contributed by atoms with van der Waals surface area (Å²) in [6.07, 6.45) is 3.41. The molecular formula is C12H19NO4. The highest BCUT2D eigenvalue weighted by Crippen LogP contribution is 2.15. The van der Waals surface area contributed by atoms with Gasteiger partial charge in [0.1, 0.15) is 11.7 Å². The molecule has 1 aliphatic rings. The molecule has 0 unspecified atom stereocenters. The first-order valence-electron chi connectivity index (χ1n) is 5.61. The van der Waals surface area contributed by atoms with E-state index in [0.29, 0.717) is 6.42 Å². The molecule has 1 aliphatic carbocycles. The number of nitrogens with one attached hydrogen (secondary N) is 1. The third kappa shape index (κ3) is 5.38. The molecule has 0 aliphatic heterocycles. The molecule has 0 aromatic rings. The number of hydrogen-bond acceptors (Lipinski definition) is 4. The molecule has 0 saturated carbocycles. The van der Waals surface area contributed by atoms with Gasteiger partial charge in [0.15, 0.2) is 0 Å². The maximum absolute atomic E-state index is 11.5. The van der Waals surface area contributed by atoms with Gasteiger partial charge in [-0.05, 0) is 26.8 Å². The van der Waals surface area contributed by atoms with Crippen molar-refractivity contribution in [1.82, 2.24) is 5.32 Å². The Balaban J connectivity index is 2.34. The summed E-state index contributed by atoms with van der Waals surface area (Å²) in [5.74, 6) is -0.322. The maximum atomic E-state index is 11.5. The molecule has 1 rings (SSSR count). The summed E-state index contributed by atoms with van der Waals surface area (Å²) in [7, 11) is 0. The van der Waals surface area contributed by atoms with Crippen LogP contribution in [0.5, 0.6) is 0 Å². The highest BCUT2D eigenvalue weighted by atomic mass is 16.6. The van der Waals surface area contributed by atoms with E-state index in [4.69, 9.17) is 9.47 Å². The van der Waals surface area contributed by atoms with Gasteiger partial charge in [-0.1, -0.05) is 6.08 Å². The number of esters is 1. The molecule has 0 spiro atoms. The van der Waals surface area contributed by atoms with Crippen LogP contribution in [0.25, 0.3) is 0 Å². The summed E-state index contributed by atoms with van der Waals surface area (Å²) in [4.78, 5) is 22.2. The number of carbonyl (C=O) groups is 2. The van der Waals surface area contributed by atoms with Crippen LogP contribution in [0.1, 0.15) is 34.1 Å². The van der Waals surface area contributed by atoms with E-state index in [1.54, 1.807) is 32.9 Å². The standard InChI is InChI=1S/C12H19NO4/c1-8(14)16-10-6-5-9(7-10)13-11(15)17-12(2,3)4/h5-6,9-10H,7H2,1-4H3,(H,13,15)/t9-,10+/m1/s1. The lowest BCUT2D eigenvalue weighted by molar-refractivity contribution is -0.144. The lowest BCUT2D eigenvalue weighted by atomic mass is 10.2. The highest BCUT2D eigenvalue weighted by molar-refractivity contribution is 5.69. The molecule has 5 nitrogen and oxygen atoms in total. The zero-order chi connectivity index (χ0) is 13.1. The number of carbonyl (C=O) groups excluding carboxylic acids is 2. The van der Waals surface area contributed by atoms with E-state index in [2.05, 4.69) is 5.32 Å². The number of ether oxygens (including phenoxy) is 2. The molecule has 0 bridgehead atoms. The fourth-order valence-corrected chi connectivity index (χ4v) is 1.53. The molecule has 0 fully saturated rings. The van der Waals surface area contributed by atoms with Crippen molar-refractivity contribution in [2.24, 2.45) is 0 Å². The van der Waals surface area contributed by atoms with Crippen molar-refractivity contribution in [2.75, 3.05) is 0 Å². The van der Waals surface area contributed by atoms with E-state index in [-0.39, 0.29) is 18.1 Å². The predicted octanol–water partition coefficient (Wildman–Crippen LogP) is 1.77. The van der Waals surface area contributed by atoms with Gasteiger partial charge in [-0.15, -0.1) is 0 Å². The van der Waals surface area contributed by atoms with Gasteiger partial charge in [-0.25, -0.2) is 4.79 Å². The van der Waals surface area contributed by atoms with E-state index >= 15 is 0 Å². The quantitative estimate of drug-likeness (QED) is 0.591. The molecule has 0 heterocycles. The monoisotopic (exact) mass is 241 g/mol. The van der Waals surface area contributed by atoms with Gasteiger partial charge < -0.3 is 14.8 Å². The molecule has 5 heteroatoms. The first-order chi connectivity index (χ1) is 7.76. The second-order valence-electron chi connectivity index (χ2n) is 5.02. The number of hydrogen-bond donors (Lipinski definition) is 1. The largest absolute Gasteiger partial charge is 0.458 e. The van der Waals surface area contributed by atoms with Gasteiger partial charge in [0.05, 0.1) is 6.04 Å². The van der Waals surface area contributed by atoms with Crippen LogP contribution in [0.2, 0.25) is 0 Å². The lowest BCUT2D eigenvalue weighted by Gasteiger charge is -2.21. The minimum atomic E-state index is -0.512. The summed E-state index contributed by atoms with van der Waals surface area (Å²) >= 11 is 0. The Bertz CT molecular complexity index is 330. The second kappa shape index (κ2) is 5.21. The number of alkyl carbamates (subject to hydrolysis) is 1. The first-order valence-corrected chi connectivity index (χ1v) is 5.61. The van der Waals surface area contributed by atoms with E-state index in [0.717, 1.165) is 0 Å². The van der Waals surface area contributed by atoms with Crippen LogP contribution in [0.15, 0.2) is 12.2 Å². The van der Waals surface area contributed by atoms with Crippen LogP contribution in [0.4, 0.5) is 4.79 Å². The normalized spacial score (nSPS) is 23.3. The Morgan fingerprint density at radius 2 is 1.94 bits per heavy atom. The maximum Gasteiger partial charge on any atom is 0.408 e. The van der Waals surface area contributed by atoms with Crippen molar-refractivity contribution in [3.63, 3.8) is 0 Å². The van der Waals surface area contributed by atoms with Crippen molar-refractivity contribution in [1.29, 1.82) is 0 Å². The molecule has 0 saturated heterocycles. The molecule has 1 amide bonds. The van der Waals surface area contributed by atoms with Gasteiger partial charge in [0, 0.05) is 13.3 Å². The molecule has 0 aromatic carbocycles. The summed E-state index contributed by atoms with van der Waals surface area (Å²) in [5, 5.41) is 2.70. The Labute approximate surface area is 101 Å². The Morgan fingerprint density at radius 3 is 2.47 bits per heavy atom. The second-order valence-corrected chi connectivity index (χ2v) is 5.02. The average molecular weight is 241 g/mol. The number of rotatable bonds is 2. The highest BCUT2D eigenvalue weighted by Gasteiger charge is 2.24. The molecule has 96 valence electrons. The van der Waals surface area contributed by atoms with Crippen molar-refractivity contribution in [3.8, 4) is 0 Å². The van der Waals surface area contributed by atoms with Gasteiger partial charge >= 0.3 is 12.1 Å². The van der Waals surface area contributed by atoms with Crippen LogP contribution in [-0.4, -0.2) is 29.8 Å². The molecular weight excluding hydrogens is 222 g/mol. The zero-order valence-corrected chi connectivity index (χ0v) is 10.6. The SMILES string of the molecule is CC(=O)O[C@H]1C=C[C@@H](NC(=O)OC(C)(C)C)C1. The number of amides is 1. The molecule has 2 atom stereocenters. The Hall–Kier alpha value is -1.52. The van der Waals surface area contributed by atoms with E-state index in [1.807, 2.05) is 0 Å². The molecule has 1 N–H and O–H groups in total. The smallest absolute Gasteiger partial charge is 0.408 e. The molecule has 0 aromatic heterocycles. The van der Waals surface area contributed by atoms with Gasteiger partial charge in [0.25, 0.3) is 0 Å². The van der Waals surface area contributed by atoms with Gasteiger partial charge in [0.2, 0.25) is 0 Å². The van der Waals surface area contributed by atoms with Crippen LogP contribution < -0.4 is 5.32 Å². The van der Waals surface area contributed by atoms with Gasteiger partial charge in [-0.3, -0.25) is 4.79 Å². The summed E-state index contributed by atoms with van der Waals surface area (Å²) in [5.41, 5.74) is -0.512. The molecule has 0 radical (unpaired) electrons. The fourth-order valence-electron chi connectivity index (χ4n) is 1.53. The summed E-state index contributed by atoms with van der Waals surface area (Å²) in [6, 6.07) is -0.144. The van der Waals surface area contributed by atoms with E-state index in [9.17, 15) is 9.59 Å². The minimum Gasteiger partial charge on any atom is -0.458 e. The lowest BCUT2D eigenvalue weighted by Crippen LogP contribution is -2.38. The van der Waals surface area contributed by atoms with Crippen LogP contribution in [-0.2, 0) is 14.3 Å². The molecule has 17 heavy (non-hydrogen) atoms. The summed E-state index contributed by atoms with van der Waals surface area (Å²) < 4.78 is 10.1. The van der Waals surface area contributed by atoms with Crippen LogP contribution in [0, 0.1) is 0 Å². The van der Waals surface area contributed by atoms with Crippen molar-refractivity contribution >= 4 is 12.1 Å². The van der Waals surface area contributed by atoms with Crippen molar-refractivity contribution in [3.05, 3.63) is 12.2 Å². The van der Waals surface area contributed by atoms with E-state index in [1.165, 1.54) is 6.92 Å². The summed E-state index contributed by atoms with van der Waals surface area (Å²) in [6.45, 7) is 6.78. The van der Waals surface area contributed by atoms with E-state index < -0.39 is 11.7 Å². The van der Waals surface area contributed by atoms with Crippen LogP contribution in [0.3, 0.4) is 0 Å². The van der Waals surface area contributed by atoms with Crippen molar-refractivity contribution in [2.45, 2.75) is 51.9 Å².